The minimum atomic E-state index is 1.17. The zero-order valence-electron chi connectivity index (χ0n) is 24.9. The predicted octanol–water partition coefficient (Wildman–Crippen LogP) is 10.9. The van der Waals surface area contributed by atoms with Gasteiger partial charge in [-0.15, -0.1) is 0 Å². The molecular weight excluding hydrogens is 448 g/mol. The van der Waals surface area contributed by atoms with Crippen LogP contribution >= 0.6 is 0 Å². The maximum Gasteiger partial charge on any atom is 0.261 e. The van der Waals surface area contributed by atoms with Gasteiger partial charge in [0.2, 0.25) is 0 Å². The third-order valence-electron chi connectivity index (χ3n) is 8.05. The van der Waals surface area contributed by atoms with Crippen LogP contribution in [-0.4, -0.2) is 4.57 Å². The molecule has 2 rings (SSSR count). The molecule has 0 fully saturated rings. The average Bonchev–Trinajstić information content (AvgIpc) is 3.33. The number of unbranched alkanes of at least 4 members (excludes halogenated alkanes) is 20. The fourth-order valence-corrected chi connectivity index (χ4v) is 5.64. The van der Waals surface area contributed by atoms with Gasteiger partial charge in [0.15, 0.2) is 0 Å². The highest BCUT2D eigenvalue weighted by Gasteiger charge is 2.18. The lowest BCUT2D eigenvalue weighted by atomic mass is 10.0. The highest BCUT2D eigenvalue weighted by molar-refractivity contribution is 5.31. The van der Waals surface area contributed by atoms with Crippen molar-refractivity contribution in [1.82, 2.24) is 4.57 Å². The quantitative estimate of drug-likeness (QED) is 0.0929. The first-order valence-corrected chi connectivity index (χ1v) is 16.5. The third kappa shape index (κ3) is 14.8. The van der Waals surface area contributed by atoms with E-state index in [1.807, 2.05) is 0 Å². The Bertz CT molecular complexity index is 748. The van der Waals surface area contributed by atoms with E-state index in [0.717, 1.165) is 0 Å². The van der Waals surface area contributed by atoms with E-state index in [4.69, 9.17) is 0 Å². The van der Waals surface area contributed by atoms with Gasteiger partial charge in [-0.3, -0.25) is 0 Å². The van der Waals surface area contributed by atoms with Crippen molar-refractivity contribution in [2.45, 2.75) is 168 Å². The predicted molar refractivity (Wildman–Crippen MR) is 163 cm³/mol. The summed E-state index contributed by atoms with van der Waals surface area (Å²) in [6, 6.07) is 10.9. The second kappa shape index (κ2) is 22.4. The molecule has 0 aliphatic carbocycles. The number of imidazole rings is 1. The number of benzene rings is 1. The second-order valence-electron chi connectivity index (χ2n) is 11.4. The Morgan fingerprint density at radius 2 is 0.946 bits per heavy atom. The van der Waals surface area contributed by atoms with Crippen LogP contribution in [0, 0.1) is 0 Å². The normalized spacial score (nSPS) is 11.4. The highest BCUT2D eigenvalue weighted by atomic mass is 15.1. The van der Waals surface area contributed by atoms with Gasteiger partial charge in [0.1, 0.15) is 18.1 Å². The van der Waals surface area contributed by atoms with Crippen LogP contribution in [0.15, 0.2) is 42.7 Å². The van der Waals surface area contributed by atoms with Crippen LogP contribution in [0.2, 0.25) is 0 Å². The summed E-state index contributed by atoms with van der Waals surface area (Å²) in [5.74, 6) is 1.49. The van der Waals surface area contributed by atoms with E-state index in [-0.39, 0.29) is 0 Å². The lowest BCUT2D eigenvalue weighted by Gasteiger charge is -2.07. The van der Waals surface area contributed by atoms with Gasteiger partial charge in [-0.2, -0.15) is 4.57 Å². The van der Waals surface area contributed by atoms with Crippen molar-refractivity contribution in [3.8, 4) is 5.69 Å². The molecule has 1 aromatic carbocycles. The molecule has 0 aliphatic rings. The molecule has 0 aliphatic heterocycles. The number of rotatable bonds is 25. The number of hydrogen-bond acceptors (Lipinski definition) is 0. The first-order valence-electron chi connectivity index (χ1n) is 16.5. The van der Waals surface area contributed by atoms with Crippen LogP contribution in [0.4, 0.5) is 0 Å². The largest absolute Gasteiger partial charge is 0.261 e. The fraction of sp³-hybridized carbons (Fsp3) is 0.743. The molecule has 2 heteroatoms. The Hall–Kier alpha value is -1.57. The first kappa shape index (κ1) is 31.6. The molecule has 0 saturated carbocycles. The molecule has 2 nitrogen and oxygen atoms in total. The van der Waals surface area contributed by atoms with E-state index < -0.39 is 0 Å². The maximum absolute atomic E-state index is 2.54. The van der Waals surface area contributed by atoms with Crippen LogP contribution in [0.25, 0.3) is 5.69 Å². The number of hydrogen-bond donors (Lipinski definition) is 0. The molecular formula is C35H61N2+. The van der Waals surface area contributed by atoms with E-state index >= 15 is 0 Å². The molecule has 0 amide bonds. The zero-order valence-corrected chi connectivity index (χ0v) is 24.9. The molecule has 1 heterocycles. The van der Waals surface area contributed by atoms with Crippen molar-refractivity contribution in [1.29, 1.82) is 0 Å². The smallest absolute Gasteiger partial charge is 0.234 e. The molecule has 210 valence electrons. The summed E-state index contributed by atoms with van der Waals surface area (Å²) in [4.78, 5) is 0. The molecule has 0 bridgehead atoms. The van der Waals surface area contributed by atoms with Crippen molar-refractivity contribution < 1.29 is 4.57 Å². The van der Waals surface area contributed by atoms with E-state index in [0.29, 0.717) is 0 Å². The number of nitrogens with zero attached hydrogens (tertiary/aromatic N) is 2. The number of para-hydroxylation sites is 1. The van der Waals surface area contributed by atoms with Crippen molar-refractivity contribution in [2.24, 2.45) is 0 Å². The molecule has 0 unspecified atom stereocenters. The van der Waals surface area contributed by atoms with Crippen molar-refractivity contribution in [3.05, 3.63) is 48.5 Å². The number of aryl methyl sites for hydroxylation is 1. The summed E-state index contributed by atoms with van der Waals surface area (Å²) in [5.41, 5.74) is 1.30. The molecule has 0 saturated heterocycles. The number of aromatic nitrogens is 2. The summed E-state index contributed by atoms with van der Waals surface area (Å²) < 4.78 is 4.98. The summed E-state index contributed by atoms with van der Waals surface area (Å²) in [6.07, 6.45) is 36.9. The Labute approximate surface area is 231 Å². The van der Waals surface area contributed by atoms with Gasteiger partial charge in [0, 0.05) is 6.42 Å². The fourth-order valence-electron chi connectivity index (χ4n) is 5.64. The van der Waals surface area contributed by atoms with Crippen LogP contribution in [0.1, 0.15) is 161 Å². The Balaban J connectivity index is 1.61. The second-order valence-corrected chi connectivity index (χ2v) is 11.4. The molecule has 1 aromatic heterocycles. The third-order valence-corrected chi connectivity index (χ3v) is 8.05. The SMILES string of the molecule is CCCCCCCCCCCCCCCCCc1n(-c2ccccc2)cc[n+]1CCCCCCCCC. The molecule has 37 heavy (non-hydrogen) atoms. The lowest BCUT2D eigenvalue weighted by Crippen LogP contribution is -2.37. The molecule has 0 atom stereocenters. The standard InChI is InChI=1S/C35H61N2/c1-3-5-7-9-11-12-13-14-15-16-17-18-19-21-26-30-35-36(31-27-22-20-10-8-6-4-2)32-33-37(35)34-28-24-23-25-29-34/h23-25,28-29,32-33H,3-22,26-27,30-31H2,1-2H3/q+1. The van der Waals surface area contributed by atoms with E-state index in [9.17, 15) is 0 Å². The maximum atomic E-state index is 2.54. The molecule has 0 radical (unpaired) electrons. The van der Waals surface area contributed by atoms with Crippen molar-refractivity contribution in [3.63, 3.8) is 0 Å². The highest BCUT2D eigenvalue weighted by Crippen LogP contribution is 2.16. The summed E-state index contributed by atoms with van der Waals surface area (Å²) in [5, 5.41) is 0. The summed E-state index contributed by atoms with van der Waals surface area (Å²) in [6.45, 7) is 5.77. The monoisotopic (exact) mass is 509 g/mol. The van der Waals surface area contributed by atoms with Crippen LogP contribution in [0.5, 0.6) is 0 Å². The van der Waals surface area contributed by atoms with Gasteiger partial charge in [-0.25, -0.2) is 4.57 Å². The van der Waals surface area contributed by atoms with Crippen LogP contribution in [0.3, 0.4) is 0 Å². The van der Waals surface area contributed by atoms with Gasteiger partial charge in [-0.05, 0) is 31.4 Å². The topological polar surface area (TPSA) is 8.81 Å². The van der Waals surface area contributed by atoms with Gasteiger partial charge in [0.05, 0.1) is 6.54 Å². The first-order chi connectivity index (χ1) is 18.4. The van der Waals surface area contributed by atoms with E-state index in [2.05, 4.69) is 65.7 Å². The minimum Gasteiger partial charge on any atom is -0.234 e. The van der Waals surface area contributed by atoms with Crippen molar-refractivity contribution >= 4 is 0 Å². The molecule has 0 N–H and O–H groups in total. The van der Waals surface area contributed by atoms with Crippen LogP contribution in [-0.2, 0) is 13.0 Å². The zero-order chi connectivity index (χ0) is 26.2. The molecule has 2 aromatic rings. The van der Waals surface area contributed by atoms with Gasteiger partial charge < -0.3 is 0 Å². The van der Waals surface area contributed by atoms with E-state index in [1.54, 1.807) is 0 Å². The van der Waals surface area contributed by atoms with Gasteiger partial charge in [-0.1, -0.05) is 154 Å². The van der Waals surface area contributed by atoms with E-state index in [1.165, 1.54) is 166 Å². The minimum absolute atomic E-state index is 1.17. The lowest BCUT2D eigenvalue weighted by molar-refractivity contribution is -0.704. The summed E-state index contributed by atoms with van der Waals surface area (Å²) in [7, 11) is 0. The summed E-state index contributed by atoms with van der Waals surface area (Å²) >= 11 is 0. The van der Waals surface area contributed by atoms with Gasteiger partial charge in [0.25, 0.3) is 5.82 Å². The van der Waals surface area contributed by atoms with Crippen LogP contribution < -0.4 is 4.57 Å². The van der Waals surface area contributed by atoms with Gasteiger partial charge >= 0.3 is 0 Å². The van der Waals surface area contributed by atoms with Crippen molar-refractivity contribution in [2.75, 3.05) is 0 Å². The average molecular weight is 510 g/mol. The Morgan fingerprint density at radius 3 is 1.43 bits per heavy atom. The molecule has 0 spiro atoms. The Morgan fingerprint density at radius 1 is 0.514 bits per heavy atom. The Kier molecular flexibility index (Phi) is 19.2.